The van der Waals surface area contributed by atoms with Gasteiger partial charge in [-0.25, -0.2) is 0 Å². The van der Waals surface area contributed by atoms with E-state index < -0.39 is 0 Å². The summed E-state index contributed by atoms with van der Waals surface area (Å²) in [6, 6.07) is 8.48. The summed E-state index contributed by atoms with van der Waals surface area (Å²) in [6.07, 6.45) is 4.61. The lowest BCUT2D eigenvalue weighted by Gasteiger charge is -2.25. The SMILES string of the molecule is CNCC[C@@H](Oc1ccccc1CCN(C)C)C1C=CSC1. The van der Waals surface area contributed by atoms with E-state index in [1.165, 1.54) is 5.56 Å². The smallest absolute Gasteiger partial charge is 0.122 e. The number of benzene rings is 1. The van der Waals surface area contributed by atoms with Crippen LogP contribution in [0.3, 0.4) is 0 Å². The van der Waals surface area contributed by atoms with Crippen molar-refractivity contribution in [3.8, 4) is 5.75 Å². The molecule has 1 aromatic carbocycles. The Hall–Kier alpha value is -0.970. The van der Waals surface area contributed by atoms with Gasteiger partial charge in [-0.1, -0.05) is 24.3 Å². The fraction of sp³-hybridized carbons (Fsp3) is 0.556. The monoisotopic (exact) mass is 320 g/mol. The molecule has 1 aliphatic rings. The molecule has 4 heteroatoms. The Labute approximate surface area is 139 Å². The van der Waals surface area contributed by atoms with Crippen molar-refractivity contribution in [2.45, 2.75) is 18.9 Å². The van der Waals surface area contributed by atoms with Crippen molar-refractivity contribution >= 4 is 11.8 Å². The van der Waals surface area contributed by atoms with E-state index in [1.54, 1.807) is 0 Å². The Bertz CT molecular complexity index is 476. The van der Waals surface area contributed by atoms with Crippen LogP contribution in [-0.2, 0) is 6.42 Å². The third-order valence-electron chi connectivity index (χ3n) is 3.95. The molecule has 1 N–H and O–H groups in total. The maximum atomic E-state index is 6.44. The topological polar surface area (TPSA) is 24.5 Å². The van der Waals surface area contributed by atoms with Gasteiger partial charge in [-0.2, -0.15) is 0 Å². The van der Waals surface area contributed by atoms with Gasteiger partial charge in [-0.05, 0) is 57.6 Å². The molecule has 0 aromatic heterocycles. The van der Waals surface area contributed by atoms with Crippen molar-refractivity contribution in [1.29, 1.82) is 0 Å². The third kappa shape index (κ3) is 5.34. The fourth-order valence-electron chi connectivity index (χ4n) is 2.59. The predicted octanol–water partition coefficient (Wildman–Crippen LogP) is 3.02. The van der Waals surface area contributed by atoms with Crippen LogP contribution in [0.5, 0.6) is 5.75 Å². The lowest BCUT2D eigenvalue weighted by molar-refractivity contribution is 0.155. The minimum Gasteiger partial charge on any atom is -0.489 e. The van der Waals surface area contributed by atoms with Gasteiger partial charge in [0.1, 0.15) is 11.9 Å². The Morgan fingerprint density at radius 3 is 2.86 bits per heavy atom. The highest BCUT2D eigenvalue weighted by Crippen LogP contribution is 2.29. The van der Waals surface area contributed by atoms with E-state index in [4.69, 9.17) is 4.74 Å². The molecule has 0 bridgehead atoms. The minimum atomic E-state index is 0.249. The first kappa shape index (κ1) is 17.4. The van der Waals surface area contributed by atoms with Gasteiger partial charge >= 0.3 is 0 Å². The van der Waals surface area contributed by atoms with Crippen molar-refractivity contribution in [2.75, 3.05) is 40.0 Å². The third-order valence-corrected chi connectivity index (χ3v) is 4.87. The van der Waals surface area contributed by atoms with Crippen LogP contribution in [0.15, 0.2) is 35.7 Å². The van der Waals surface area contributed by atoms with Crippen molar-refractivity contribution in [3.63, 3.8) is 0 Å². The second kappa shape index (κ2) is 9.23. The van der Waals surface area contributed by atoms with Crippen LogP contribution in [0.25, 0.3) is 0 Å². The normalized spacial score (nSPS) is 18.8. The Kier molecular flexibility index (Phi) is 7.30. The number of ether oxygens (including phenoxy) is 1. The first-order valence-corrected chi connectivity index (χ1v) is 9.07. The molecular formula is C18H28N2OS. The molecule has 0 saturated carbocycles. The number of hydrogen-bond acceptors (Lipinski definition) is 4. The summed E-state index contributed by atoms with van der Waals surface area (Å²) < 4.78 is 6.44. The molecule has 2 rings (SSSR count). The molecule has 3 nitrogen and oxygen atoms in total. The molecule has 0 amide bonds. The molecule has 0 saturated heterocycles. The molecule has 0 aliphatic carbocycles. The Morgan fingerprint density at radius 1 is 1.36 bits per heavy atom. The standard InChI is InChI=1S/C18H28N2OS/c1-19-11-8-18(16-10-13-22-14-16)21-17-7-5-4-6-15(17)9-12-20(2)3/h4-7,10,13,16,18-19H,8-9,11-12,14H2,1-3H3/t16?,18-/m1/s1. The van der Waals surface area contributed by atoms with Crippen molar-refractivity contribution in [1.82, 2.24) is 10.2 Å². The Morgan fingerprint density at radius 2 is 2.18 bits per heavy atom. The second-order valence-corrected chi connectivity index (χ2v) is 6.97. The van der Waals surface area contributed by atoms with Crippen LogP contribution in [0.2, 0.25) is 0 Å². The molecule has 1 heterocycles. The molecule has 0 fully saturated rings. The van der Waals surface area contributed by atoms with Gasteiger partial charge in [-0.15, -0.1) is 11.8 Å². The van der Waals surface area contributed by atoms with E-state index in [0.717, 1.165) is 37.4 Å². The highest BCUT2D eigenvalue weighted by atomic mass is 32.2. The van der Waals surface area contributed by atoms with E-state index in [1.807, 2.05) is 18.8 Å². The van der Waals surface area contributed by atoms with Crippen molar-refractivity contribution < 1.29 is 4.74 Å². The number of rotatable bonds is 9. The number of hydrogen-bond donors (Lipinski definition) is 1. The van der Waals surface area contributed by atoms with Gasteiger partial charge in [0.2, 0.25) is 0 Å². The molecule has 1 unspecified atom stereocenters. The van der Waals surface area contributed by atoms with Gasteiger partial charge in [0.25, 0.3) is 0 Å². The molecule has 0 radical (unpaired) electrons. The molecule has 22 heavy (non-hydrogen) atoms. The van der Waals surface area contributed by atoms with Crippen molar-refractivity contribution in [2.24, 2.45) is 5.92 Å². The molecule has 1 aliphatic heterocycles. The summed E-state index contributed by atoms with van der Waals surface area (Å²) in [5.74, 6) is 2.70. The quantitative estimate of drug-likeness (QED) is 0.756. The number of nitrogens with one attached hydrogen (secondary N) is 1. The molecule has 2 atom stereocenters. The van der Waals surface area contributed by atoms with Crippen LogP contribution in [-0.4, -0.2) is 51.0 Å². The van der Waals surface area contributed by atoms with Gasteiger partial charge in [0.15, 0.2) is 0 Å². The fourth-order valence-corrected chi connectivity index (χ4v) is 3.56. The number of para-hydroxylation sites is 1. The van der Waals surface area contributed by atoms with E-state index in [2.05, 4.69) is 60.1 Å². The summed E-state index contributed by atoms with van der Waals surface area (Å²) in [7, 11) is 6.22. The van der Waals surface area contributed by atoms with Gasteiger partial charge in [-0.3, -0.25) is 0 Å². The minimum absolute atomic E-state index is 0.249. The zero-order valence-electron chi connectivity index (χ0n) is 13.9. The largest absolute Gasteiger partial charge is 0.489 e. The number of nitrogens with zero attached hydrogens (tertiary/aromatic N) is 1. The number of thioether (sulfide) groups is 1. The van der Waals surface area contributed by atoms with Crippen LogP contribution in [0.4, 0.5) is 0 Å². The summed E-state index contributed by atoms with van der Waals surface area (Å²) in [6.45, 7) is 2.03. The zero-order chi connectivity index (χ0) is 15.8. The van der Waals surface area contributed by atoms with Crippen molar-refractivity contribution in [3.05, 3.63) is 41.3 Å². The van der Waals surface area contributed by atoms with Gasteiger partial charge in [0.05, 0.1) is 0 Å². The highest BCUT2D eigenvalue weighted by molar-refractivity contribution is 8.02. The first-order valence-electron chi connectivity index (χ1n) is 8.03. The second-order valence-electron chi connectivity index (χ2n) is 6.04. The Balaban J connectivity index is 2.06. The average molecular weight is 321 g/mol. The lowest BCUT2D eigenvalue weighted by Crippen LogP contribution is -2.30. The lowest BCUT2D eigenvalue weighted by atomic mass is 10.0. The van der Waals surface area contributed by atoms with E-state index in [0.29, 0.717) is 5.92 Å². The van der Waals surface area contributed by atoms with Crippen LogP contribution in [0.1, 0.15) is 12.0 Å². The molecular weight excluding hydrogens is 292 g/mol. The molecule has 122 valence electrons. The molecule has 1 aromatic rings. The molecule has 0 spiro atoms. The maximum Gasteiger partial charge on any atom is 0.122 e. The summed E-state index contributed by atoms with van der Waals surface area (Å²) in [4.78, 5) is 2.21. The van der Waals surface area contributed by atoms with Gasteiger partial charge < -0.3 is 15.0 Å². The summed E-state index contributed by atoms with van der Waals surface area (Å²) >= 11 is 1.89. The highest BCUT2D eigenvalue weighted by Gasteiger charge is 2.24. The van der Waals surface area contributed by atoms with Gasteiger partial charge in [0, 0.05) is 18.2 Å². The maximum absolute atomic E-state index is 6.44. The average Bonchev–Trinajstić information content (AvgIpc) is 3.04. The van der Waals surface area contributed by atoms with E-state index in [-0.39, 0.29) is 6.10 Å². The van der Waals surface area contributed by atoms with Crippen LogP contribution >= 0.6 is 11.8 Å². The van der Waals surface area contributed by atoms with E-state index in [9.17, 15) is 0 Å². The van der Waals surface area contributed by atoms with Crippen LogP contribution < -0.4 is 10.1 Å². The van der Waals surface area contributed by atoms with Crippen LogP contribution in [0, 0.1) is 5.92 Å². The van der Waals surface area contributed by atoms with E-state index >= 15 is 0 Å². The first-order chi connectivity index (χ1) is 10.7. The predicted molar refractivity (Wildman–Crippen MR) is 96.7 cm³/mol. The summed E-state index contributed by atoms with van der Waals surface area (Å²) in [5.41, 5.74) is 1.31. The zero-order valence-corrected chi connectivity index (χ0v) is 14.7. The summed E-state index contributed by atoms with van der Waals surface area (Å²) in [5, 5.41) is 5.45. The number of likely N-dealkylation sites (N-methyl/N-ethyl adjacent to an activating group) is 1.